The fraction of sp³-hybridized carbons (Fsp3) is 0.267. The zero-order valence-corrected chi connectivity index (χ0v) is 9.76. The number of nitrogens with one attached hydrogen (secondary N) is 1. The van der Waals surface area contributed by atoms with Crippen LogP contribution < -0.4 is 5.32 Å². The summed E-state index contributed by atoms with van der Waals surface area (Å²) in [6.07, 6.45) is 4.63. The number of hydrogen-bond acceptors (Lipinski definition) is 2. The first kappa shape index (κ1) is 10.5. The molecule has 17 heavy (non-hydrogen) atoms. The van der Waals surface area contributed by atoms with Crippen molar-refractivity contribution in [2.24, 2.45) is 0 Å². The lowest BCUT2D eigenvalue weighted by Crippen LogP contribution is -2.15. The summed E-state index contributed by atoms with van der Waals surface area (Å²) in [5, 5.41) is 3.49. The minimum absolute atomic E-state index is 0.754. The molecule has 0 aliphatic heterocycles. The Balaban J connectivity index is 1.70. The van der Waals surface area contributed by atoms with E-state index in [2.05, 4.69) is 34.6 Å². The van der Waals surface area contributed by atoms with Crippen LogP contribution in [0.1, 0.15) is 18.4 Å². The van der Waals surface area contributed by atoms with Crippen molar-refractivity contribution in [3.8, 4) is 11.3 Å². The van der Waals surface area contributed by atoms with E-state index in [1.807, 2.05) is 24.4 Å². The SMILES string of the molecule is c1ccc(-c2ccc(CNC3CC3)cn2)cc1. The predicted molar refractivity (Wildman–Crippen MR) is 69.5 cm³/mol. The lowest BCUT2D eigenvalue weighted by molar-refractivity contribution is 0.686. The Kier molecular flexibility index (Phi) is 2.88. The zero-order chi connectivity index (χ0) is 11.5. The van der Waals surface area contributed by atoms with Gasteiger partial charge in [-0.1, -0.05) is 36.4 Å². The summed E-state index contributed by atoms with van der Waals surface area (Å²) in [4.78, 5) is 4.51. The minimum atomic E-state index is 0.754. The lowest BCUT2D eigenvalue weighted by atomic mass is 10.1. The number of benzene rings is 1. The molecule has 1 heterocycles. The highest BCUT2D eigenvalue weighted by Crippen LogP contribution is 2.20. The standard InChI is InChI=1S/C15H16N2/c1-2-4-13(5-3-1)15-9-6-12(11-17-15)10-16-14-7-8-14/h1-6,9,11,14,16H,7-8,10H2. The van der Waals surface area contributed by atoms with Crippen LogP contribution in [0.2, 0.25) is 0 Å². The fourth-order valence-corrected chi connectivity index (χ4v) is 1.86. The van der Waals surface area contributed by atoms with E-state index >= 15 is 0 Å². The number of rotatable bonds is 4. The van der Waals surface area contributed by atoms with Crippen LogP contribution in [-0.2, 0) is 6.54 Å². The van der Waals surface area contributed by atoms with E-state index in [0.717, 1.165) is 18.3 Å². The van der Waals surface area contributed by atoms with Gasteiger partial charge in [0.2, 0.25) is 0 Å². The van der Waals surface area contributed by atoms with Crippen LogP contribution in [0.25, 0.3) is 11.3 Å². The predicted octanol–water partition coefficient (Wildman–Crippen LogP) is 3.00. The van der Waals surface area contributed by atoms with Gasteiger partial charge in [-0.2, -0.15) is 0 Å². The van der Waals surface area contributed by atoms with Gasteiger partial charge in [0.25, 0.3) is 0 Å². The second-order valence-electron chi connectivity index (χ2n) is 4.57. The monoisotopic (exact) mass is 224 g/mol. The third-order valence-corrected chi connectivity index (χ3v) is 3.07. The molecule has 1 N–H and O–H groups in total. The summed E-state index contributed by atoms with van der Waals surface area (Å²) in [6.45, 7) is 0.937. The van der Waals surface area contributed by atoms with Crippen LogP contribution in [0.15, 0.2) is 48.7 Å². The van der Waals surface area contributed by atoms with Crippen molar-refractivity contribution in [1.29, 1.82) is 0 Å². The van der Waals surface area contributed by atoms with Crippen molar-refractivity contribution in [2.45, 2.75) is 25.4 Å². The quantitative estimate of drug-likeness (QED) is 0.863. The largest absolute Gasteiger partial charge is 0.310 e. The Bertz CT molecular complexity index is 472. The summed E-state index contributed by atoms with van der Waals surface area (Å²) >= 11 is 0. The first-order valence-electron chi connectivity index (χ1n) is 6.15. The highest BCUT2D eigenvalue weighted by Gasteiger charge is 2.19. The van der Waals surface area contributed by atoms with Gasteiger partial charge < -0.3 is 5.32 Å². The maximum Gasteiger partial charge on any atom is 0.0702 e. The molecule has 0 bridgehead atoms. The highest BCUT2D eigenvalue weighted by molar-refractivity contribution is 5.58. The normalized spacial score (nSPS) is 14.8. The van der Waals surface area contributed by atoms with Gasteiger partial charge in [-0.05, 0) is 24.5 Å². The first-order chi connectivity index (χ1) is 8.42. The molecule has 0 atom stereocenters. The van der Waals surface area contributed by atoms with Gasteiger partial charge in [-0.25, -0.2) is 0 Å². The van der Waals surface area contributed by atoms with E-state index in [9.17, 15) is 0 Å². The first-order valence-corrected chi connectivity index (χ1v) is 6.15. The second-order valence-corrected chi connectivity index (χ2v) is 4.57. The van der Waals surface area contributed by atoms with Crippen molar-refractivity contribution in [2.75, 3.05) is 0 Å². The summed E-state index contributed by atoms with van der Waals surface area (Å²) < 4.78 is 0. The molecule has 0 spiro atoms. The zero-order valence-electron chi connectivity index (χ0n) is 9.76. The molecule has 0 unspecified atom stereocenters. The van der Waals surface area contributed by atoms with Crippen molar-refractivity contribution < 1.29 is 0 Å². The highest BCUT2D eigenvalue weighted by atomic mass is 14.9. The number of aromatic nitrogens is 1. The Hall–Kier alpha value is -1.67. The summed E-state index contributed by atoms with van der Waals surface area (Å²) in [5.74, 6) is 0. The minimum Gasteiger partial charge on any atom is -0.310 e. The van der Waals surface area contributed by atoms with Crippen LogP contribution in [-0.4, -0.2) is 11.0 Å². The third kappa shape index (κ3) is 2.71. The van der Waals surface area contributed by atoms with Gasteiger partial charge in [0.1, 0.15) is 0 Å². The van der Waals surface area contributed by atoms with Gasteiger partial charge in [0, 0.05) is 24.3 Å². The molecule has 0 radical (unpaired) electrons. The Labute approximate surface area is 102 Å². The van der Waals surface area contributed by atoms with Crippen LogP contribution in [0, 0.1) is 0 Å². The molecule has 0 saturated heterocycles. The molecule has 2 aromatic rings. The van der Waals surface area contributed by atoms with E-state index in [4.69, 9.17) is 0 Å². The molecular weight excluding hydrogens is 208 g/mol. The fourth-order valence-electron chi connectivity index (χ4n) is 1.86. The maximum atomic E-state index is 4.51. The Morgan fingerprint density at radius 1 is 1.06 bits per heavy atom. The van der Waals surface area contributed by atoms with E-state index in [-0.39, 0.29) is 0 Å². The lowest BCUT2D eigenvalue weighted by Gasteiger charge is -2.04. The number of nitrogens with zero attached hydrogens (tertiary/aromatic N) is 1. The third-order valence-electron chi connectivity index (χ3n) is 3.07. The van der Waals surface area contributed by atoms with E-state index < -0.39 is 0 Å². The molecule has 1 saturated carbocycles. The molecule has 2 nitrogen and oxygen atoms in total. The molecule has 1 fully saturated rings. The Morgan fingerprint density at radius 2 is 1.88 bits per heavy atom. The van der Waals surface area contributed by atoms with Gasteiger partial charge in [-0.15, -0.1) is 0 Å². The average molecular weight is 224 g/mol. The van der Waals surface area contributed by atoms with Crippen molar-refractivity contribution in [1.82, 2.24) is 10.3 Å². The second kappa shape index (κ2) is 4.68. The molecule has 1 aromatic heterocycles. The molecule has 86 valence electrons. The Morgan fingerprint density at radius 3 is 2.53 bits per heavy atom. The average Bonchev–Trinajstić information content (AvgIpc) is 3.22. The molecular formula is C15H16N2. The van der Waals surface area contributed by atoms with Gasteiger partial charge in [0.05, 0.1) is 5.69 Å². The van der Waals surface area contributed by atoms with Gasteiger partial charge in [-0.3, -0.25) is 4.98 Å². The molecule has 1 aliphatic carbocycles. The topological polar surface area (TPSA) is 24.9 Å². The number of hydrogen-bond donors (Lipinski definition) is 1. The van der Waals surface area contributed by atoms with E-state index in [1.165, 1.54) is 24.0 Å². The molecule has 1 aliphatic rings. The molecule has 3 rings (SSSR count). The summed E-state index contributed by atoms with van der Waals surface area (Å²) in [5.41, 5.74) is 3.48. The van der Waals surface area contributed by atoms with Crippen molar-refractivity contribution >= 4 is 0 Å². The van der Waals surface area contributed by atoms with Gasteiger partial charge >= 0.3 is 0 Å². The van der Waals surface area contributed by atoms with Crippen LogP contribution in [0.5, 0.6) is 0 Å². The van der Waals surface area contributed by atoms with Crippen LogP contribution in [0.3, 0.4) is 0 Å². The van der Waals surface area contributed by atoms with Crippen LogP contribution in [0.4, 0.5) is 0 Å². The summed E-state index contributed by atoms with van der Waals surface area (Å²) in [7, 11) is 0. The maximum absolute atomic E-state index is 4.51. The van der Waals surface area contributed by atoms with E-state index in [1.54, 1.807) is 0 Å². The van der Waals surface area contributed by atoms with Crippen molar-refractivity contribution in [3.63, 3.8) is 0 Å². The molecule has 1 aromatic carbocycles. The molecule has 0 amide bonds. The van der Waals surface area contributed by atoms with Gasteiger partial charge in [0.15, 0.2) is 0 Å². The van der Waals surface area contributed by atoms with Crippen LogP contribution >= 0.6 is 0 Å². The smallest absolute Gasteiger partial charge is 0.0702 e. The number of pyridine rings is 1. The molecule has 2 heteroatoms. The van der Waals surface area contributed by atoms with E-state index in [0.29, 0.717) is 0 Å². The van der Waals surface area contributed by atoms with Crippen molar-refractivity contribution in [3.05, 3.63) is 54.2 Å². The summed E-state index contributed by atoms with van der Waals surface area (Å²) in [6, 6.07) is 15.3.